The van der Waals surface area contributed by atoms with Crippen LogP contribution in [0.1, 0.15) is 76.0 Å². The van der Waals surface area contributed by atoms with E-state index in [1.165, 1.54) is 47.9 Å². The highest BCUT2D eigenvalue weighted by atomic mass is 14.7. The Bertz CT molecular complexity index is 1370. The first kappa shape index (κ1) is 28.3. The monoisotopic (exact) mass is 519 g/mol. The van der Waals surface area contributed by atoms with Gasteiger partial charge in [0, 0.05) is 16.7 Å². The second-order valence-corrected chi connectivity index (χ2v) is 10.6. The number of unbranched alkanes of at least 4 members (excludes halogenated alkanes) is 3. The molecule has 4 aromatic rings. The summed E-state index contributed by atoms with van der Waals surface area (Å²) in [6, 6.07) is 25.5. The van der Waals surface area contributed by atoms with Crippen LogP contribution in [0.25, 0.3) is 33.4 Å². The van der Waals surface area contributed by atoms with Crippen molar-refractivity contribution >= 4 is 17.1 Å². The molecule has 0 aliphatic rings. The third-order valence-electron chi connectivity index (χ3n) is 7.90. The van der Waals surface area contributed by atoms with E-state index in [-0.39, 0.29) is 0 Å². The zero-order valence-corrected chi connectivity index (χ0v) is 24.0. The molecule has 0 aliphatic heterocycles. The lowest BCUT2D eigenvalue weighted by Gasteiger charge is -2.26. The van der Waals surface area contributed by atoms with Crippen molar-refractivity contribution in [3.05, 3.63) is 89.5 Å². The Hall–Kier alpha value is -3.72. The minimum atomic E-state index is 0.468. The molecule has 0 saturated carbocycles. The van der Waals surface area contributed by atoms with Crippen molar-refractivity contribution in [1.82, 2.24) is 0 Å². The molecule has 4 rings (SSSR count). The van der Waals surface area contributed by atoms with Crippen LogP contribution in [-0.4, -0.2) is 0 Å². The van der Waals surface area contributed by atoms with Crippen LogP contribution in [0, 0.1) is 0 Å². The van der Waals surface area contributed by atoms with Gasteiger partial charge in [-0.25, -0.2) is 0 Å². The van der Waals surface area contributed by atoms with Gasteiger partial charge in [-0.1, -0.05) is 113 Å². The molecule has 0 fully saturated rings. The van der Waals surface area contributed by atoms with E-state index >= 15 is 0 Å². The number of rotatable bonds is 12. The van der Waals surface area contributed by atoms with Crippen LogP contribution in [-0.2, 0) is 19.3 Å². The van der Waals surface area contributed by atoms with Gasteiger partial charge in [-0.2, -0.15) is 0 Å². The van der Waals surface area contributed by atoms with Gasteiger partial charge in [0.25, 0.3) is 0 Å². The van der Waals surface area contributed by atoms with E-state index in [4.69, 9.17) is 17.2 Å². The number of aryl methyl sites for hydroxylation is 1. The lowest BCUT2D eigenvalue weighted by Crippen LogP contribution is -2.09. The molecule has 39 heavy (non-hydrogen) atoms. The normalized spacial score (nSPS) is 11.2. The molecule has 3 heteroatoms. The maximum absolute atomic E-state index is 6.96. The van der Waals surface area contributed by atoms with Crippen molar-refractivity contribution in [1.29, 1.82) is 0 Å². The number of anilines is 3. The van der Waals surface area contributed by atoms with Crippen LogP contribution < -0.4 is 17.2 Å². The predicted octanol–water partition coefficient (Wildman–Crippen LogP) is 9.46. The third-order valence-corrected chi connectivity index (χ3v) is 7.90. The minimum absolute atomic E-state index is 0.468. The average Bonchev–Trinajstić information content (AvgIpc) is 2.97. The Kier molecular flexibility index (Phi) is 9.70. The topological polar surface area (TPSA) is 78.1 Å². The summed E-state index contributed by atoms with van der Waals surface area (Å²) in [5.74, 6) is 0. The predicted molar refractivity (Wildman–Crippen MR) is 172 cm³/mol. The van der Waals surface area contributed by atoms with Gasteiger partial charge in [0.1, 0.15) is 0 Å². The molecular weight excluding hydrogens is 474 g/mol. The summed E-state index contributed by atoms with van der Waals surface area (Å²) in [4.78, 5) is 0. The van der Waals surface area contributed by atoms with Gasteiger partial charge in [-0.05, 0) is 71.9 Å². The summed E-state index contributed by atoms with van der Waals surface area (Å²) in [6.07, 6.45) is 10.3. The van der Waals surface area contributed by atoms with E-state index in [0.717, 1.165) is 59.9 Å². The molecule has 0 aromatic heterocycles. The van der Waals surface area contributed by atoms with Crippen molar-refractivity contribution < 1.29 is 0 Å². The molecular formula is C36H45N3. The third kappa shape index (κ3) is 5.98. The number of hydrogen-bond acceptors (Lipinski definition) is 3. The first-order valence-corrected chi connectivity index (χ1v) is 14.8. The average molecular weight is 520 g/mol. The maximum Gasteiger partial charge on any atom is 0.0794 e. The van der Waals surface area contributed by atoms with E-state index in [0.29, 0.717) is 17.1 Å². The van der Waals surface area contributed by atoms with Crippen LogP contribution in [0.5, 0.6) is 0 Å². The van der Waals surface area contributed by atoms with Crippen LogP contribution in [0.3, 0.4) is 0 Å². The molecule has 0 atom stereocenters. The SMILES string of the molecule is CCCCc1ccc(-c2c(N)c(N)c(N)c(-c3ccccc3)c2-c2ccccc2)c(CCCC)c1CCCC. The first-order valence-electron chi connectivity index (χ1n) is 14.8. The van der Waals surface area contributed by atoms with Gasteiger partial charge in [0.15, 0.2) is 0 Å². The van der Waals surface area contributed by atoms with Crippen molar-refractivity contribution in [2.24, 2.45) is 0 Å². The largest absolute Gasteiger partial charge is 0.396 e. The smallest absolute Gasteiger partial charge is 0.0794 e. The fourth-order valence-electron chi connectivity index (χ4n) is 5.77. The molecule has 0 aliphatic carbocycles. The fourth-order valence-corrected chi connectivity index (χ4v) is 5.77. The van der Waals surface area contributed by atoms with Gasteiger partial charge in [-0.3, -0.25) is 0 Å². The minimum Gasteiger partial charge on any atom is -0.396 e. The summed E-state index contributed by atoms with van der Waals surface area (Å²) in [5, 5.41) is 0. The number of benzene rings is 4. The van der Waals surface area contributed by atoms with E-state index in [9.17, 15) is 0 Å². The van der Waals surface area contributed by atoms with Gasteiger partial charge in [0.2, 0.25) is 0 Å². The maximum atomic E-state index is 6.96. The standard InChI is InChI=1S/C36H45N3/c1-4-7-16-25-23-24-30(29(22-9-6-3)28(25)21-8-5-2)33-31(26-17-12-10-13-18-26)32(27-19-14-11-15-20-27)34(37)36(39)35(33)38/h10-15,17-20,23-24H,4-9,16,21-22,37-39H2,1-3H3. The van der Waals surface area contributed by atoms with Crippen LogP contribution in [0.2, 0.25) is 0 Å². The molecule has 3 nitrogen and oxygen atoms in total. The lowest BCUT2D eigenvalue weighted by molar-refractivity contribution is 0.736. The molecule has 0 amide bonds. The van der Waals surface area contributed by atoms with Crippen LogP contribution in [0.15, 0.2) is 72.8 Å². The second-order valence-electron chi connectivity index (χ2n) is 10.6. The molecule has 0 unspecified atom stereocenters. The molecule has 204 valence electrons. The highest BCUT2D eigenvalue weighted by Crippen LogP contribution is 2.51. The van der Waals surface area contributed by atoms with Crippen molar-refractivity contribution in [3.63, 3.8) is 0 Å². The zero-order valence-electron chi connectivity index (χ0n) is 24.0. The summed E-state index contributed by atoms with van der Waals surface area (Å²) < 4.78 is 0. The molecule has 0 spiro atoms. The van der Waals surface area contributed by atoms with Gasteiger partial charge in [-0.15, -0.1) is 0 Å². The molecule has 4 aromatic carbocycles. The van der Waals surface area contributed by atoms with Crippen molar-refractivity contribution in [2.45, 2.75) is 78.6 Å². The highest BCUT2D eigenvalue weighted by molar-refractivity contribution is 6.10. The van der Waals surface area contributed by atoms with Crippen molar-refractivity contribution in [3.8, 4) is 33.4 Å². The first-order chi connectivity index (χ1) is 19.0. The highest BCUT2D eigenvalue weighted by Gasteiger charge is 2.26. The zero-order chi connectivity index (χ0) is 27.8. The molecule has 0 saturated heterocycles. The van der Waals surface area contributed by atoms with E-state index in [2.05, 4.69) is 69.3 Å². The Morgan fingerprint density at radius 3 is 1.51 bits per heavy atom. The lowest BCUT2D eigenvalue weighted by atomic mass is 9.80. The Morgan fingerprint density at radius 1 is 0.462 bits per heavy atom. The van der Waals surface area contributed by atoms with Crippen LogP contribution in [0.4, 0.5) is 17.1 Å². The molecule has 0 radical (unpaired) electrons. The summed E-state index contributed by atoms with van der Waals surface area (Å²) in [6.45, 7) is 6.82. The second kappa shape index (κ2) is 13.4. The molecule has 0 heterocycles. The van der Waals surface area contributed by atoms with E-state index in [1.54, 1.807) is 0 Å². The Balaban J connectivity index is 2.13. The number of nitrogens with two attached hydrogens (primary N) is 3. The number of nitrogen functional groups attached to an aromatic ring is 3. The van der Waals surface area contributed by atoms with Gasteiger partial charge < -0.3 is 17.2 Å². The summed E-state index contributed by atoms with van der Waals surface area (Å²) in [7, 11) is 0. The van der Waals surface area contributed by atoms with E-state index in [1.807, 2.05) is 24.3 Å². The van der Waals surface area contributed by atoms with E-state index < -0.39 is 0 Å². The van der Waals surface area contributed by atoms with Gasteiger partial charge >= 0.3 is 0 Å². The molecule has 0 bridgehead atoms. The Labute approximate surface area is 235 Å². The molecule has 6 N–H and O–H groups in total. The summed E-state index contributed by atoms with van der Waals surface area (Å²) >= 11 is 0. The number of hydrogen-bond donors (Lipinski definition) is 3. The fraction of sp³-hybridized carbons (Fsp3) is 0.333. The Morgan fingerprint density at radius 2 is 0.949 bits per heavy atom. The van der Waals surface area contributed by atoms with Crippen LogP contribution >= 0.6 is 0 Å². The van der Waals surface area contributed by atoms with Gasteiger partial charge in [0.05, 0.1) is 17.1 Å². The quantitative estimate of drug-likeness (QED) is 0.163. The van der Waals surface area contributed by atoms with Crippen molar-refractivity contribution in [2.75, 3.05) is 17.2 Å². The summed E-state index contributed by atoms with van der Waals surface area (Å²) in [5.41, 5.74) is 32.9.